The number of methoxy groups -OCH3 is 1. The van der Waals surface area contributed by atoms with Crippen LogP contribution in [-0.2, 0) is 6.18 Å². The predicted octanol–water partition coefficient (Wildman–Crippen LogP) is 4.25. The van der Waals surface area contributed by atoms with Gasteiger partial charge in [0.05, 0.1) is 23.9 Å². The maximum Gasteiger partial charge on any atom is 0.417 e. The Morgan fingerprint density at radius 1 is 1.12 bits per heavy atom. The molecular weight excluding hydrogens is 580 g/mol. The molecule has 0 spiro atoms. The van der Waals surface area contributed by atoms with E-state index in [-0.39, 0.29) is 41.6 Å². The van der Waals surface area contributed by atoms with Crippen molar-refractivity contribution in [2.75, 3.05) is 63.6 Å². The fraction of sp³-hybridized carbons (Fsp3) is 0.536. The molecule has 2 aromatic heterocycles. The van der Waals surface area contributed by atoms with E-state index >= 15 is 4.39 Å². The smallest absolute Gasteiger partial charge is 0.417 e. The zero-order chi connectivity index (χ0) is 30.7. The standard InChI is InChI=1S/C28H31F6N7O2/c1-14-19(28(32,33)34)16(10-17(35)20(14)30)22-21(31)23-18(25(37-22)42-2)24(40-8-5-36-6-9-40)39-26(38-23)43-13-27-4-3-7-41(27)12-15(29)11-27/h10,15,36H,3-9,11-13,35H2,1-2H3/t15-,27?/m1/s1. The van der Waals surface area contributed by atoms with E-state index in [0.29, 0.717) is 45.2 Å². The summed E-state index contributed by atoms with van der Waals surface area (Å²) in [4.78, 5) is 16.9. The van der Waals surface area contributed by atoms with Crippen LogP contribution in [0.15, 0.2) is 6.07 Å². The van der Waals surface area contributed by atoms with E-state index in [4.69, 9.17) is 15.2 Å². The number of ether oxygens (including phenoxy) is 2. The van der Waals surface area contributed by atoms with Crippen molar-refractivity contribution >= 4 is 22.4 Å². The van der Waals surface area contributed by atoms with Crippen LogP contribution in [0.2, 0.25) is 0 Å². The molecule has 1 aromatic carbocycles. The molecule has 0 bridgehead atoms. The highest BCUT2D eigenvalue weighted by Gasteiger charge is 2.49. The number of halogens is 6. The second-order valence-electron chi connectivity index (χ2n) is 11.3. The first-order valence-corrected chi connectivity index (χ1v) is 14.0. The molecule has 3 aliphatic rings. The third-order valence-corrected chi connectivity index (χ3v) is 8.62. The molecule has 3 saturated heterocycles. The molecular formula is C28H31F6N7O2. The Morgan fingerprint density at radius 3 is 2.56 bits per heavy atom. The molecule has 3 aliphatic heterocycles. The minimum atomic E-state index is -5.06. The van der Waals surface area contributed by atoms with Crippen LogP contribution >= 0.6 is 0 Å². The largest absolute Gasteiger partial charge is 0.480 e. The second-order valence-corrected chi connectivity index (χ2v) is 11.3. The number of hydrogen-bond donors (Lipinski definition) is 2. The number of fused-ring (bicyclic) bond motifs is 2. The van der Waals surface area contributed by atoms with Crippen LogP contribution in [0, 0.1) is 18.6 Å². The van der Waals surface area contributed by atoms with Crippen molar-refractivity contribution in [2.24, 2.45) is 0 Å². The average Bonchev–Trinajstić information content (AvgIpc) is 3.50. The van der Waals surface area contributed by atoms with E-state index in [0.717, 1.165) is 19.9 Å². The molecule has 9 nitrogen and oxygen atoms in total. The highest BCUT2D eigenvalue weighted by atomic mass is 19.4. The van der Waals surface area contributed by atoms with E-state index in [1.807, 2.05) is 9.80 Å². The van der Waals surface area contributed by atoms with Crippen molar-refractivity contribution in [2.45, 2.75) is 44.1 Å². The molecule has 0 amide bonds. The van der Waals surface area contributed by atoms with Gasteiger partial charge in [0.1, 0.15) is 41.0 Å². The number of rotatable bonds is 6. The number of benzene rings is 1. The van der Waals surface area contributed by atoms with Gasteiger partial charge in [0.25, 0.3) is 0 Å². The van der Waals surface area contributed by atoms with E-state index in [1.54, 1.807) is 0 Å². The van der Waals surface area contributed by atoms with Gasteiger partial charge in [0.15, 0.2) is 5.82 Å². The first-order chi connectivity index (χ1) is 20.4. The number of nitrogen functional groups attached to an aromatic ring is 1. The summed E-state index contributed by atoms with van der Waals surface area (Å²) in [6.45, 7) is 4.15. The molecule has 6 rings (SSSR count). The molecule has 3 aromatic rings. The Balaban J connectivity index is 1.54. The minimum Gasteiger partial charge on any atom is -0.480 e. The van der Waals surface area contributed by atoms with Crippen LogP contribution in [0.4, 0.5) is 37.8 Å². The first-order valence-electron chi connectivity index (χ1n) is 14.0. The van der Waals surface area contributed by atoms with Gasteiger partial charge in [0, 0.05) is 44.7 Å². The van der Waals surface area contributed by atoms with Gasteiger partial charge >= 0.3 is 12.2 Å². The lowest BCUT2D eigenvalue weighted by molar-refractivity contribution is -0.137. The Hall–Kier alpha value is -3.59. The van der Waals surface area contributed by atoms with E-state index in [2.05, 4.69) is 20.3 Å². The number of hydrogen-bond acceptors (Lipinski definition) is 9. The fourth-order valence-corrected chi connectivity index (χ4v) is 6.62. The van der Waals surface area contributed by atoms with Crippen molar-refractivity contribution in [1.29, 1.82) is 0 Å². The number of pyridine rings is 1. The summed E-state index contributed by atoms with van der Waals surface area (Å²) in [7, 11) is 1.24. The maximum atomic E-state index is 16.5. The quantitative estimate of drug-likeness (QED) is 0.313. The van der Waals surface area contributed by atoms with E-state index in [9.17, 15) is 22.0 Å². The van der Waals surface area contributed by atoms with Crippen LogP contribution in [0.1, 0.15) is 30.4 Å². The zero-order valence-electron chi connectivity index (χ0n) is 23.6. The number of alkyl halides is 4. The third-order valence-electron chi connectivity index (χ3n) is 8.62. The van der Waals surface area contributed by atoms with Crippen LogP contribution in [0.3, 0.4) is 0 Å². The van der Waals surface area contributed by atoms with Crippen LogP contribution in [-0.4, -0.2) is 84.5 Å². The van der Waals surface area contributed by atoms with Gasteiger partial charge in [-0.15, -0.1) is 0 Å². The normalized spacial score (nSPS) is 22.8. The molecule has 0 saturated carbocycles. The minimum absolute atomic E-state index is 0.0451. The highest BCUT2D eigenvalue weighted by molar-refractivity contribution is 5.97. The Morgan fingerprint density at radius 2 is 1.86 bits per heavy atom. The summed E-state index contributed by atoms with van der Waals surface area (Å²) < 4.78 is 99.5. The number of anilines is 2. The molecule has 43 heavy (non-hydrogen) atoms. The Bertz CT molecular complexity index is 1570. The molecule has 232 valence electrons. The van der Waals surface area contributed by atoms with Crippen LogP contribution < -0.4 is 25.4 Å². The monoisotopic (exact) mass is 611 g/mol. The molecule has 0 radical (unpaired) electrons. The Kier molecular flexibility index (Phi) is 7.43. The number of nitrogens with one attached hydrogen (secondary N) is 1. The molecule has 3 N–H and O–H groups in total. The van der Waals surface area contributed by atoms with Gasteiger partial charge in [0.2, 0.25) is 5.88 Å². The first kappa shape index (κ1) is 29.5. The van der Waals surface area contributed by atoms with Crippen molar-refractivity contribution in [1.82, 2.24) is 25.2 Å². The fourth-order valence-electron chi connectivity index (χ4n) is 6.62. The molecule has 1 unspecified atom stereocenters. The van der Waals surface area contributed by atoms with Gasteiger partial charge in [-0.1, -0.05) is 0 Å². The molecule has 5 heterocycles. The number of nitrogens with two attached hydrogens (primary N) is 1. The molecule has 0 aliphatic carbocycles. The van der Waals surface area contributed by atoms with Gasteiger partial charge in [-0.3, -0.25) is 4.90 Å². The Labute approximate surface area is 243 Å². The van der Waals surface area contributed by atoms with Crippen molar-refractivity contribution in [3.8, 4) is 23.1 Å². The number of piperazine rings is 1. The number of nitrogens with zero attached hydrogens (tertiary/aromatic N) is 5. The van der Waals surface area contributed by atoms with Crippen molar-refractivity contribution < 1.29 is 35.8 Å². The summed E-state index contributed by atoms with van der Waals surface area (Å²) in [5.41, 5.74) is 0.430. The maximum absolute atomic E-state index is 16.5. The second kappa shape index (κ2) is 10.8. The zero-order valence-corrected chi connectivity index (χ0v) is 23.6. The summed E-state index contributed by atoms with van der Waals surface area (Å²) in [5, 5.41) is 3.26. The predicted molar refractivity (Wildman–Crippen MR) is 147 cm³/mol. The van der Waals surface area contributed by atoms with E-state index in [1.165, 1.54) is 7.11 Å². The van der Waals surface area contributed by atoms with E-state index < -0.39 is 57.6 Å². The third kappa shape index (κ3) is 5.05. The summed E-state index contributed by atoms with van der Waals surface area (Å²) >= 11 is 0. The lowest BCUT2D eigenvalue weighted by Gasteiger charge is -2.32. The lowest BCUT2D eigenvalue weighted by atomic mass is 9.95. The van der Waals surface area contributed by atoms with Crippen molar-refractivity contribution in [3.63, 3.8) is 0 Å². The summed E-state index contributed by atoms with van der Waals surface area (Å²) in [6.07, 6.45) is -4.18. The van der Waals surface area contributed by atoms with Crippen LogP contribution in [0.5, 0.6) is 11.9 Å². The number of aromatic nitrogens is 3. The average molecular weight is 612 g/mol. The lowest BCUT2D eigenvalue weighted by Crippen LogP contribution is -2.44. The molecule has 15 heteroatoms. The molecule has 3 fully saturated rings. The van der Waals surface area contributed by atoms with Gasteiger partial charge in [-0.2, -0.15) is 23.1 Å². The van der Waals surface area contributed by atoms with Gasteiger partial charge < -0.3 is 25.4 Å². The topological polar surface area (TPSA) is 102 Å². The highest BCUT2D eigenvalue weighted by Crippen LogP contribution is 2.45. The SMILES string of the molecule is COc1nc(-c2cc(N)c(F)c(C)c2C(F)(F)F)c(F)c2nc(OCC34CCCN3C[C@H](F)C4)nc(N3CCNCC3)c12. The van der Waals surface area contributed by atoms with Gasteiger partial charge in [-0.25, -0.2) is 18.2 Å². The van der Waals surface area contributed by atoms with Gasteiger partial charge in [-0.05, 0) is 37.9 Å². The summed E-state index contributed by atoms with van der Waals surface area (Å²) in [5.74, 6) is -2.46. The molecule has 2 atom stereocenters. The van der Waals surface area contributed by atoms with Crippen LogP contribution in [0.25, 0.3) is 22.2 Å². The summed E-state index contributed by atoms with van der Waals surface area (Å²) in [6, 6.07) is 0.493. The van der Waals surface area contributed by atoms with Crippen molar-refractivity contribution in [3.05, 3.63) is 28.8 Å².